The maximum absolute atomic E-state index is 14.2. The Labute approximate surface area is 205 Å². The van der Waals surface area contributed by atoms with Crippen molar-refractivity contribution in [2.24, 2.45) is 5.92 Å². The van der Waals surface area contributed by atoms with Crippen molar-refractivity contribution in [1.29, 1.82) is 0 Å². The number of piperazine rings is 1. The molecule has 0 bridgehead atoms. The van der Waals surface area contributed by atoms with Gasteiger partial charge in [0.1, 0.15) is 11.6 Å². The Morgan fingerprint density at radius 1 is 0.800 bits per heavy atom. The molecule has 6 heteroatoms. The quantitative estimate of drug-likeness (QED) is 0.503. The number of carbonyl (C=O) groups is 1. The van der Waals surface area contributed by atoms with Gasteiger partial charge in [-0.1, -0.05) is 54.6 Å². The van der Waals surface area contributed by atoms with Gasteiger partial charge in [0.25, 0.3) is 0 Å². The molecule has 182 valence electrons. The first-order chi connectivity index (χ1) is 17.1. The van der Waals surface area contributed by atoms with Gasteiger partial charge in [-0.15, -0.1) is 0 Å². The fraction of sp³-hybridized carbons (Fsp3) is 0.345. The minimum atomic E-state index is -0.234. The smallest absolute Gasteiger partial charge is 0.227 e. The third kappa shape index (κ3) is 5.38. The van der Waals surface area contributed by atoms with E-state index in [9.17, 15) is 13.6 Å². The summed E-state index contributed by atoms with van der Waals surface area (Å²) in [5.74, 6) is -0.339. The number of piperidine rings is 1. The van der Waals surface area contributed by atoms with Crippen LogP contribution in [0.2, 0.25) is 0 Å². The van der Waals surface area contributed by atoms with E-state index in [1.807, 2.05) is 46.2 Å². The summed E-state index contributed by atoms with van der Waals surface area (Å²) < 4.78 is 27.7. The number of carbonyl (C=O) groups excluding carboxylic acids is 1. The van der Waals surface area contributed by atoms with Crippen LogP contribution < -0.4 is 4.90 Å². The SMILES string of the molecule is O=C(C1CCC(c2ccc(F)cc2)N(Cc2ccccc2)C1)N1CCN(c2ccccc2F)CC1. The lowest BCUT2D eigenvalue weighted by atomic mass is 9.87. The number of likely N-dealkylation sites (tertiary alicyclic amines) is 1. The Morgan fingerprint density at radius 2 is 1.49 bits per heavy atom. The van der Waals surface area contributed by atoms with Crippen molar-refractivity contribution < 1.29 is 13.6 Å². The summed E-state index contributed by atoms with van der Waals surface area (Å²) in [6.45, 7) is 3.88. The number of amides is 1. The minimum Gasteiger partial charge on any atom is -0.366 e. The average molecular weight is 476 g/mol. The zero-order chi connectivity index (χ0) is 24.2. The molecule has 0 aliphatic carbocycles. The van der Waals surface area contributed by atoms with Crippen LogP contribution in [0.1, 0.15) is 30.0 Å². The van der Waals surface area contributed by atoms with Crippen LogP contribution in [0.15, 0.2) is 78.9 Å². The van der Waals surface area contributed by atoms with Gasteiger partial charge in [0.2, 0.25) is 5.91 Å². The normalized spacial score (nSPS) is 21.2. The second-order valence-electron chi connectivity index (χ2n) is 9.52. The number of para-hydroxylation sites is 1. The van der Waals surface area contributed by atoms with Crippen LogP contribution in [0.25, 0.3) is 0 Å². The average Bonchev–Trinajstić information content (AvgIpc) is 2.90. The van der Waals surface area contributed by atoms with Gasteiger partial charge < -0.3 is 9.80 Å². The fourth-order valence-electron chi connectivity index (χ4n) is 5.43. The summed E-state index contributed by atoms with van der Waals surface area (Å²) in [5, 5.41) is 0. The zero-order valence-corrected chi connectivity index (χ0v) is 19.8. The van der Waals surface area contributed by atoms with E-state index < -0.39 is 0 Å². The van der Waals surface area contributed by atoms with Crippen LogP contribution in [0.5, 0.6) is 0 Å². The predicted octanol–water partition coefficient (Wildman–Crippen LogP) is 5.27. The third-order valence-corrected chi connectivity index (χ3v) is 7.30. The summed E-state index contributed by atoms with van der Waals surface area (Å²) in [5.41, 5.74) is 2.89. The van der Waals surface area contributed by atoms with Gasteiger partial charge in [0.05, 0.1) is 11.6 Å². The molecule has 3 aromatic carbocycles. The third-order valence-electron chi connectivity index (χ3n) is 7.30. The molecule has 0 aromatic heterocycles. The van der Waals surface area contributed by atoms with E-state index in [1.54, 1.807) is 12.1 Å². The summed E-state index contributed by atoms with van der Waals surface area (Å²) in [7, 11) is 0. The molecule has 2 aliphatic rings. The molecule has 2 atom stereocenters. The van der Waals surface area contributed by atoms with Crippen molar-refractivity contribution in [2.45, 2.75) is 25.4 Å². The molecule has 0 spiro atoms. The van der Waals surface area contributed by atoms with E-state index in [1.165, 1.54) is 23.8 Å². The van der Waals surface area contributed by atoms with Crippen LogP contribution in [-0.2, 0) is 11.3 Å². The highest BCUT2D eigenvalue weighted by atomic mass is 19.1. The van der Waals surface area contributed by atoms with Crippen molar-refractivity contribution >= 4 is 11.6 Å². The van der Waals surface area contributed by atoms with Crippen molar-refractivity contribution in [3.63, 3.8) is 0 Å². The molecule has 2 aliphatic heterocycles. The zero-order valence-electron chi connectivity index (χ0n) is 19.8. The number of hydrogen-bond donors (Lipinski definition) is 0. The molecule has 35 heavy (non-hydrogen) atoms. The van der Waals surface area contributed by atoms with Gasteiger partial charge in [-0.05, 0) is 48.2 Å². The van der Waals surface area contributed by atoms with E-state index >= 15 is 0 Å². The van der Waals surface area contributed by atoms with Gasteiger partial charge in [-0.2, -0.15) is 0 Å². The maximum Gasteiger partial charge on any atom is 0.227 e. The molecular formula is C29H31F2N3O. The van der Waals surface area contributed by atoms with Crippen LogP contribution in [0.3, 0.4) is 0 Å². The first-order valence-electron chi connectivity index (χ1n) is 12.4. The molecule has 2 unspecified atom stereocenters. The molecule has 5 rings (SSSR count). The molecular weight excluding hydrogens is 444 g/mol. The Kier molecular flexibility index (Phi) is 7.09. The first kappa shape index (κ1) is 23.5. The number of nitrogens with zero attached hydrogens (tertiary/aromatic N) is 3. The lowest BCUT2D eigenvalue weighted by Crippen LogP contribution is -2.53. The fourth-order valence-corrected chi connectivity index (χ4v) is 5.43. The van der Waals surface area contributed by atoms with E-state index in [0.29, 0.717) is 38.4 Å². The highest BCUT2D eigenvalue weighted by molar-refractivity contribution is 5.79. The van der Waals surface area contributed by atoms with Crippen molar-refractivity contribution in [1.82, 2.24) is 9.80 Å². The molecule has 3 aromatic rings. The number of halogens is 2. The Bertz CT molecular complexity index is 1130. The van der Waals surface area contributed by atoms with Crippen molar-refractivity contribution in [2.75, 3.05) is 37.6 Å². The van der Waals surface area contributed by atoms with Gasteiger partial charge in [0, 0.05) is 45.3 Å². The van der Waals surface area contributed by atoms with Crippen molar-refractivity contribution in [3.8, 4) is 0 Å². The highest BCUT2D eigenvalue weighted by Gasteiger charge is 2.35. The molecule has 0 saturated carbocycles. The highest BCUT2D eigenvalue weighted by Crippen LogP contribution is 2.35. The van der Waals surface area contributed by atoms with E-state index in [2.05, 4.69) is 17.0 Å². The maximum atomic E-state index is 14.2. The second kappa shape index (κ2) is 10.6. The molecule has 4 nitrogen and oxygen atoms in total. The summed E-state index contributed by atoms with van der Waals surface area (Å²) in [4.78, 5) is 19.8. The minimum absolute atomic E-state index is 0.0737. The summed E-state index contributed by atoms with van der Waals surface area (Å²) in [6.07, 6.45) is 1.66. The van der Waals surface area contributed by atoms with Crippen molar-refractivity contribution in [3.05, 3.63) is 102 Å². The topological polar surface area (TPSA) is 26.8 Å². The number of anilines is 1. The molecule has 2 heterocycles. The van der Waals surface area contributed by atoms with E-state index in [-0.39, 0.29) is 29.5 Å². The summed E-state index contributed by atoms with van der Waals surface area (Å²) in [6, 6.07) is 24.0. The van der Waals surface area contributed by atoms with E-state index in [0.717, 1.165) is 24.9 Å². The lowest BCUT2D eigenvalue weighted by molar-refractivity contribution is -0.138. The van der Waals surface area contributed by atoms with Crippen LogP contribution in [0, 0.1) is 17.6 Å². The molecule has 0 N–H and O–H groups in total. The largest absolute Gasteiger partial charge is 0.366 e. The van der Waals surface area contributed by atoms with Gasteiger partial charge in [0.15, 0.2) is 0 Å². The van der Waals surface area contributed by atoms with E-state index in [4.69, 9.17) is 0 Å². The van der Waals surface area contributed by atoms with Gasteiger partial charge in [-0.3, -0.25) is 9.69 Å². The number of hydrogen-bond acceptors (Lipinski definition) is 3. The number of rotatable bonds is 5. The second-order valence-corrected chi connectivity index (χ2v) is 9.52. The molecule has 0 radical (unpaired) electrons. The van der Waals surface area contributed by atoms with Crippen LogP contribution >= 0.6 is 0 Å². The van der Waals surface area contributed by atoms with Gasteiger partial charge >= 0.3 is 0 Å². The Hall–Kier alpha value is -3.25. The summed E-state index contributed by atoms with van der Waals surface area (Å²) >= 11 is 0. The predicted molar refractivity (Wildman–Crippen MR) is 134 cm³/mol. The monoisotopic (exact) mass is 475 g/mol. The lowest BCUT2D eigenvalue weighted by Gasteiger charge is -2.42. The standard InChI is InChI=1S/C29H31F2N3O/c30-25-13-10-23(11-14-25)27-15-12-24(21-34(27)20-22-6-2-1-3-7-22)29(35)33-18-16-32(17-19-33)28-9-5-4-8-26(28)31/h1-11,13-14,24,27H,12,15-21H2. The Balaban J connectivity index is 1.27. The Morgan fingerprint density at radius 3 is 2.20 bits per heavy atom. The van der Waals surface area contributed by atoms with Crippen LogP contribution in [-0.4, -0.2) is 48.4 Å². The van der Waals surface area contributed by atoms with Crippen LogP contribution in [0.4, 0.5) is 14.5 Å². The first-order valence-corrected chi connectivity index (χ1v) is 12.4. The van der Waals surface area contributed by atoms with Gasteiger partial charge in [-0.25, -0.2) is 8.78 Å². The molecule has 2 saturated heterocycles. The molecule has 2 fully saturated rings. The molecule has 1 amide bonds. The number of benzene rings is 3.